The summed E-state index contributed by atoms with van der Waals surface area (Å²) < 4.78 is 30.8. The summed E-state index contributed by atoms with van der Waals surface area (Å²) in [5.74, 6) is 1.54. The monoisotopic (exact) mass is 461 g/mol. The van der Waals surface area contributed by atoms with E-state index in [0.717, 1.165) is 29.9 Å². The Bertz CT molecular complexity index is 1300. The van der Waals surface area contributed by atoms with Crippen LogP contribution in [0.15, 0.2) is 69.7 Å². The van der Waals surface area contributed by atoms with Crippen molar-refractivity contribution in [3.63, 3.8) is 0 Å². The molecule has 1 saturated heterocycles. The smallest absolute Gasteiger partial charge is 0.292 e. The number of hydrogen-bond acceptors (Lipinski definition) is 6. The number of ether oxygens (including phenoxy) is 1. The first-order chi connectivity index (χ1) is 16.6. The molecule has 0 N–H and O–H groups in total. The first kappa shape index (κ1) is 21.9. The number of hydrogen-bond donors (Lipinski definition) is 0. The molecule has 2 aromatic carbocycles. The molecule has 7 nitrogen and oxygen atoms in total. The second-order valence-corrected chi connectivity index (χ2v) is 8.30. The van der Waals surface area contributed by atoms with Crippen molar-refractivity contribution in [3.05, 3.63) is 89.6 Å². The number of oxazole rings is 1. The number of aromatic nitrogens is 2. The minimum atomic E-state index is -0.416. The molecule has 174 valence electrons. The molecular formula is C26H24FN3O4. The Morgan fingerprint density at radius 1 is 1.21 bits per heavy atom. The molecule has 8 heteroatoms. The quantitative estimate of drug-likeness (QED) is 0.398. The second-order valence-electron chi connectivity index (χ2n) is 8.30. The van der Waals surface area contributed by atoms with Crippen molar-refractivity contribution >= 4 is 5.91 Å². The van der Waals surface area contributed by atoms with Gasteiger partial charge in [-0.15, -0.1) is 0 Å². The van der Waals surface area contributed by atoms with Crippen LogP contribution in [0.1, 0.15) is 46.5 Å². The van der Waals surface area contributed by atoms with E-state index >= 15 is 0 Å². The van der Waals surface area contributed by atoms with E-state index in [0.29, 0.717) is 36.7 Å². The van der Waals surface area contributed by atoms with Gasteiger partial charge in [0.2, 0.25) is 5.76 Å². The van der Waals surface area contributed by atoms with Crippen molar-refractivity contribution < 1.29 is 22.9 Å². The number of rotatable bonds is 6. The van der Waals surface area contributed by atoms with Gasteiger partial charge in [-0.3, -0.25) is 4.79 Å². The Hall–Kier alpha value is -3.94. The fourth-order valence-electron chi connectivity index (χ4n) is 4.32. The van der Waals surface area contributed by atoms with Crippen LogP contribution in [0.2, 0.25) is 0 Å². The highest BCUT2D eigenvalue weighted by molar-refractivity contribution is 5.92. The van der Waals surface area contributed by atoms with E-state index < -0.39 is 5.82 Å². The van der Waals surface area contributed by atoms with Gasteiger partial charge in [-0.25, -0.2) is 9.37 Å². The fourth-order valence-corrected chi connectivity index (χ4v) is 4.32. The number of para-hydroxylation sites is 1. The summed E-state index contributed by atoms with van der Waals surface area (Å²) in [6.45, 7) is 1.06. The van der Waals surface area contributed by atoms with Crippen LogP contribution >= 0.6 is 0 Å². The normalized spacial score (nSPS) is 15.9. The summed E-state index contributed by atoms with van der Waals surface area (Å²) in [6, 6.07) is 15.5. The van der Waals surface area contributed by atoms with Crippen molar-refractivity contribution in [2.45, 2.75) is 25.2 Å². The minimum Gasteiger partial charge on any atom is -0.496 e. The molecule has 1 unspecified atom stereocenters. The highest BCUT2D eigenvalue weighted by Gasteiger charge is 2.30. The van der Waals surface area contributed by atoms with Gasteiger partial charge in [-0.05, 0) is 31.0 Å². The molecule has 34 heavy (non-hydrogen) atoms. The summed E-state index contributed by atoms with van der Waals surface area (Å²) in [5, 5.41) is 3.89. The molecule has 0 bridgehead atoms. The van der Waals surface area contributed by atoms with Gasteiger partial charge in [-0.2, -0.15) is 0 Å². The third-order valence-corrected chi connectivity index (χ3v) is 6.06. The molecule has 3 heterocycles. The lowest BCUT2D eigenvalue weighted by atomic mass is 9.97. The van der Waals surface area contributed by atoms with Crippen molar-refractivity contribution in [1.82, 2.24) is 15.0 Å². The zero-order valence-electron chi connectivity index (χ0n) is 18.7. The predicted molar refractivity (Wildman–Crippen MR) is 122 cm³/mol. The molecule has 0 spiro atoms. The van der Waals surface area contributed by atoms with E-state index in [1.165, 1.54) is 12.1 Å². The number of benzene rings is 2. The van der Waals surface area contributed by atoms with Crippen molar-refractivity contribution in [2.75, 3.05) is 20.2 Å². The van der Waals surface area contributed by atoms with E-state index in [4.69, 9.17) is 13.7 Å². The largest absolute Gasteiger partial charge is 0.496 e. The molecule has 1 fully saturated rings. The van der Waals surface area contributed by atoms with Gasteiger partial charge < -0.3 is 18.6 Å². The van der Waals surface area contributed by atoms with E-state index in [2.05, 4.69) is 10.1 Å². The summed E-state index contributed by atoms with van der Waals surface area (Å²) in [6.07, 6.45) is 3.99. The third kappa shape index (κ3) is 4.44. The topological polar surface area (TPSA) is 81.6 Å². The summed E-state index contributed by atoms with van der Waals surface area (Å²) in [7, 11) is 1.64. The second kappa shape index (κ2) is 9.51. The number of amides is 1. The summed E-state index contributed by atoms with van der Waals surface area (Å²) in [4.78, 5) is 19.3. The van der Waals surface area contributed by atoms with Gasteiger partial charge in [0.1, 0.15) is 23.0 Å². The average Bonchev–Trinajstić information content (AvgIpc) is 3.55. The van der Waals surface area contributed by atoms with Crippen molar-refractivity contribution in [3.8, 4) is 17.0 Å². The maximum absolute atomic E-state index is 14.1. The Morgan fingerprint density at radius 3 is 2.88 bits per heavy atom. The SMILES string of the molecule is COc1ccccc1Cc1cnc(C2CCCN(C(=O)c3cc(-c4ccccc4F)no3)C2)o1. The van der Waals surface area contributed by atoms with Crippen LogP contribution in [0.3, 0.4) is 0 Å². The van der Waals surface area contributed by atoms with Crippen LogP contribution in [0, 0.1) is 5.82 Å². The van der Waals surface area contributed by atoms with Gasteiger partial charge >= 0.3 is 0 Å². The van der Waals surface area contributed by atoms with E-state index in [9.17, 15) is 9.18 Å². The highest BCUT2D eigenvalue weighted by atomic mass is 19.1. The number of methoxy groups -OCH3 is 1. The minimum absolute atomic E-state index is 0.0157. The maximum Gasteiger partial charge on any atom is 0.292 e. The van der Waals surface area contributed by atoms with Crippen LogP contribution in [0.5, 0.6) is 5.75 Å². The van der Waals surface area contributed by atoms with Crippen LogP contribution in [-0.2, 0) is 6.42 Å². The van der Waals surface area contributed by atoms with E-state index in [1.54, 1.807) is 36.4 Å². The van der Waals surface area contributed by atoms with Crippen molar-refractivity contribution in [2.24, 2.45) is 0 Å². The Balaban J connectivity index is 1.27. The summed E-state index contributed by atoms with van der Waals surface area (Å²) >= 11 is 0. The molecule has 1 amide bonds. The Labute approximate surface area is 196 Å². The number of likely N-dealkylation sites (tertiary alicyclic amines) is 1. The van der Waals surface area contributed by atoms with Crippen molar-refractivity contribution in [1.29, 1.82) is 0 Å². The van der Waals surface area contributed by atoms with Crippen LogP contribution in [0.4, 0.5) is 4.39 Å². The summed E-state index contributed by atoms with van der Waals surface area (Å²) in [5.41, 5.74) is 1.61. The number of carbonyl (C=O) groups excluding carboxylic acids is 1. The van der Waals surface area contributed by atoms with Crippen LogP contribution in [0.25, 0.3) is 11.3 Å². The highest BCUT2D eigenvalue weighted by Crippen LogP contribution is 2.30. The maximum atomic E-state index is 14.1. The standard InChI is InChI=1S/C26H24FN3O4/c1-32-23-11-5-2-7-17(23)13-19-15-28-25(33-19)18-8-6-12-30(16-18)26(31)24-14-22(29-34-24)20-9-3-4-10-21(20)27/h2-5,7,9-11,14-15,18H,6,8,12-13,16H2,1H3. The van der Waals surface area contributed by atoms with Crippen LogP contribution in [-0.4, -0.2) is 41.1 Å². The molecule has 0 aliphatic carbocycles. The molecule has 0 radical (unpaired) electrons. The molecule has 5 rings (SSSR count). The number of piperidine rings is 1. The lowest BCUT2D eigenvalue weighted by molar-refractivity contribution is 0.0656. The lowest BCUT2D eigenvalue weighted by Crippen LogP contribution is -2.39. The predicted octanol–water partition coefficient (Wildman–Crippen LogP) is 5.09. The van der Waals surface area contributed by atoms with Crippen LogP contribution < -0.4 is 4.74 Å². The van der Waals surface area contributed by atoms with E-state index in [-0.39, 0.29) is 17.6 Å². The molecule has 1 aliphatic heterocycles. The number of carbonyl (C=O) groups is 1. The Kier molecular flexibility index (Phi) is 6.12. The van der Waals surface area contributed by atoms with Gasteiger partial charge in [0.25, 0.3) is 5.91 Å². The number of halogens is 1. The third-order valence-electron chi connectivity index (χ3n) is 6.06. The molecule has 0 saturated carbocycles. The Morgan fingerprint density at radius 2 is 2.03 bits per heavy atom. The number of nitrogens with zero attached hydrogens (tertiary/aromatic N) is 3. The molecule has 2 aromatic heterocycles. The average molecular weight is 461 g/mol. The molecule has 4 aromatic rings. The molecule has 1 atom stereocenters. The molecular weight excluding hydrogens is 437 g/mol. The first-order valence-electron chi connectivity index (χ1n) is 11.2. The first-order valence-corrected chi connectivity index (χ1v) is 11.2. The molecule has 1 aliphatic rings. The lowest BCUT2D eigenvalue weighted by Gasteiger charge is -2.30. The zero-order chi connectivity index (χ0) is 23.5. The van der Waals surface area contributed by atoms with Gasteiger partial charge in [0.05, 0.1) is 19.2 Å². The fraction of sp³-hybridized carbons (Fsp3) is 0.269. The van der Waals surface area contributed by atoms with Gasteiger partial charge in [-0.1, -0.05) is 35.5 Å². The zero-order valence-corrected chi connectivity index (χ0v) is 18.7. The van der Waals surface area contributed by atoms with E-state index in [1.807, 2.05) is 24.3 Å². The van der Waals surface area contributed by atoms with Gasteiger partial charge in [0, 0.05) is 36.7 Å². The van der Waals surface area contributed by atoms with Gasteiger partial charge in [0.15, 0.2) is 5.89 Å².